The van der Waals surface area contributed by atoms with Gasteiger partial charge in [-0.1, -0.05) is 11.6 Å². The minimum Gasteiger partial charge on any atom is -0.495 e. The zero-order chi connectivity index (χ0) is 16.1. The SMILES string of the molecule is COc1ccc(NC(=O)CCn2cc(Br)ccc2=O)cc1Cl. The van der Waals surface area contributed by atoms with Crippen LogP contribution in [0.4, 0.5) is 5.69 Å². The number of amides is 1. The molecule has 22 heavy (non-hydrogen) atoms. The van der Waals surface area contributed by atoms with E-state index in [0.717, 1.165) is 4.47 Å². The number of aromatic nitrogens is 1. The van der Waals surface area contributed by atoms with Gasteiger partial charge in [0.25, 0.3) is 5.56 Å². The number of ether oxygens (including phenoxy) is 1. The van der Waals surface area contributed by atoms with Crippen molar-refractivity contribution in [3.63, 3.8) is 0 Å². The van der Waals surface area contributed by atoms with Crippen molar-refractivity contribution in [2.24, 2.45) is 0 Å². The molecule has 0 aliphatic rings. The van der Waals surface area contributed by atoms with E-state index in [1.54, 1.807) is 30.5 Å². The molecule has 0 radical (unpaired) electrons. The van der Waals surface area contributed by atoms with Gasteiger partial charge in [-0.2, -0.15) is 0 Å². The fourth-order valence-electron chi connectivity index (χ4n) is 1.87. The van der Waals surface area contributed by atoms with Crippen molar-refractivity contribution >= 4 is 39.1 Å². The lowest BCUT2D eigenvalue weighted by Crippen LogP contribution is -2.22. The van der Waals surface area contributed by atoms with Crippen molar-refractivity contribution in [2.45, 2.75) is 13.0 Å². The number of benzene rings is 1. The smallest absolute Gasteiger partial charge is 0.250 e. The highest BCUT2D eigenvalue weighted by Gasteiger charge is 2.07. The van der Waals surface area contributed by atoms with Crippen molar-refractivity contribution in [3.8, 4) is 5.75 Å². The predicted molar refractivity (Wildman–Crippen MR) is 89.7 cm³/mol. The van der Waals surface area contributed by atoms with Crippen LogP contribution in [0.25, 0.3) is 0 Å². The molecule has 2 aromatic rings. The summed E-state index contributed by atoms with van der Waals surface area (Å²) >= 11 is 9.29. The van der Waals surface area contributed by atoms with E-state index >= 15 is 0 Å². The van der Waals surface area contributed by atoms with E-state index in [0.29, 0.717) is 23.0 Å². The fraction of sp³-hybridized carbons (Fsp3) is 0.200. The van der Waals surface area contributed by atoms with Crippen LogP contribution in [-0.2, 0) is 11.3 Å². The Bertz CT molecular complexity index is 746. The first kappa shape index (κ1) is 16.6. The monoisotopic (exact) mass is 384 g/mol. The van der Waals surface area contributed by atoms with E-state index in [4.69, 9.17) is 16.3 Å². The van der Waals surface area contributed by atoms with Crippen LogP contribution in [0.3, 0.4) is 0 Å². The number of pyridine rings is 1. The lowest BCUT2D eigenvalue weighted by Gasteiger charge is -2.09. The number of rotatable bonds is 5. The van der Waals surface area contributed by atoms with Gasteiger partial charge in [0.1, 0.15) is 5.75 Å². The average Bonchev–Trinajstić information content (AvgIpc) is 2.48. The van der Waals surface area contributed by atoms with Gasteiger partial charge in [0.2, 0.25) is 5.91 Å². The van der Waals surface area contributed by atoms with E-state index in [2.05, 4.69) is 21.2 Å². The molecule has 0 fully saturated rings. The van der Waals surface area contributed by atoms with Crippen LogP contribution in [0.15, 0.2) is 45.8 Å². The van der Waals surface area contributed by atoms with E-state index in [9.17, 15) is 9.59 Å². The average molecular weight is 386 g/mol. The Morgan fingerprint density at radius 2 is 2.14 bits per heavy atom. The molecule has 1 aromatic carbocycles. The molecule has 0 aliphatic heterocycles. The number of hydrogen-bond donors (Lipinski definition) is 1. The number of nitrogens with one attached hydrogen (secondary N) is 1. The van der Waals surface area contributed by atoms with Gasteiger partial charge >= 0.3 is 0 Å². The van der Waals surface area contributed by atoms with Crippen molar-refractivity contribution in [1.29, 1.82) is 0 Å². The Balaban J connectivity index is 1.97. The van der Waals surface area contributed by atoms with Crippen molar-refractivity contribution < 1.29 is 9.53 Å². The molecule has 1 amide bonds. The van der Waals surface area contributed by atoms with Gasteiger partial charge < -0.3 is 14.6 Å². The third kappa shape index (κ3) is 4.35. The fourth-order valence-corrected chi connectivity index (χ4v) is 2.50. The molecule has 7 heteroatoms. The maximum atomic E-state index is 11.9. The van der Waals surface area contributed by atoms with E-state index in [1.807, 2.05) is 0 Å². The van der Waals surface area contributed by atoms with Gasteiger partial charge in [0.15, 0.2) is 0 Å². The first-order chi connectivity index (χ1) is 10.5. The summed E-state index contributed by atoms with van der Waals surface area (Å²) in [6.45, 7) is 0.300. The number of carbonyl (C=O) groups is 1. The number of anilines is 1. The quantitative estimate of drug-likeness (QED) is 0.859. The van der Waals surface area contributed by atoms with Crippen molar-refractivity contribution in [2.75, 3.05) is 12.4 Å². The molecule has 1 N–H and O–H groups in total. The van der Waals surface area contributed by atoms with Gasteiger partial charge in [0, 0.05) is 35.4 Å². The number of hydrogen-bond acceptors (Lipinski definition) is 3. The molecule has 0 spiro atoms. The summed E-state index contributed by atoms with van der Waals surface area (Å²) in [5.74, 6) is 0.341. The standard InChI is InChI=1S/C15H14BrClN2O3/c1-22-13-4-3-11(8-12(13)17)18-14(20)6-7-19-9-10(16)2-5-15(19)21/h2-5,8-9H,6-7H2,1H3,(H,18,20). The van der Waals surface area contributed by atoms with Crippen LogP contribution >= 0.6 is 27.5 Å². The lowest BCUT2D eigenvalue weighted by atomic mass is 10.3. The molecular weight excluding hydrogens is 372 g/mol. The molecule has 0 unspecified atom stereocenters. The number of nitrogens with zero attached hydrogens (tertiary/aromatic N) is 1. The minimum absolute atomic E-state index is 0.150. The molecule has 2 rings (SSSR count). The van der Waals surface area contributed by atoms with Gasteiger partial charge in [-0.05, 0) is 40.2 Å². The highest BCUT2D eigenvalue weighted by Crippen LogP contribution is 2.27. The zero-order valence-electron chi connectivity index (χ0n) is 11.8. The lowest BCUT2D eigenvalue weighted by molar-refractivity contribution is -0.116. The second-order valence-electron chi connectivity index (χ2n) is 4.53. The second-order valence-corrected chi connectivity index (χ2v) is 5.85. The summed E-state index contributed by atoms with van der Waals surface area (Å²) in [6, 6.07) is 8.11. The van der Waals surface area contributed by atoms with E-state index in [-0.39, 0.29) is 17.9 Å². The molecule has 0 aliphatic carbocycles. The molecule has 1 aromatic heterocycles. The summed E-state index contributed by atoms with van der Waals surface area (Å²) in [4.78, 5) is 23.6. The van der Waals surface area contributed by atoms with Crippen LogP contribution in [0.2, 0.25) is 5.02 Å². The maximum absolute atomic E-state index is 11.9. The van der Waals surface area contributed by atoms with Gasteiger partial charge in [-0.3, -0.25) is 9.59 Å². The van der Waals surface area contributed by atoms with Gasteiger partial charge in [0.05, 0.1) is 12.1 Å². The van der Waals surface area contributed by atoms with E-state index in [1.165, 1.54) is 17.7 Å². The first-order valence-corrected chi connectivity index (χ1v) is 7.66. The Labute approximate surface area is 141 Å². The summed E-state index contributed by atoms with van der Waals surface area (Å²) in [5, 5.41) is 3.15. The van der Waals surface area contributed by atoms with E-state index < -0.39 is 0 Å². The molecule has 0 saturated heterocycles. The maximum Gasteiger partial charge on any atom is 0.250 e. The van der Waals surface area contributed by atoms with Crippen molar-refractivity contribution in [1.82, 2.24) is 4.57 Å². The Morgan fingerprint density at radius 1 is 1.36 bits per heavy atom. The summed E-state index contributed by atoms with van der Waals surface area (Å²) in [5.41, 5.74) is 0.431. The zero-order valence-corrected chi connectivity index (χ0v) is 14.1. The highest BCUT2D eigenvalue weighted by molar-refractivity contribution is 9.10. The predicted octanol–water partition coefficient (Wildman–Crippen LogP) is 3.30. The van der Waals surface area contributed by atoms with Crippen LogP contribution in [-0.4, -0.2) is 17.6 Å². The topological polar surface area (TPSA) is 60.3 Å². The molecule has 0 bridgehead atoms. The summed E-state index contributed by atoms with van der Waals surface area (Å²) in [7, 11) is 1.52. The molecule has 116 valence electrons. The first-order valence-electron chi connectivity index (χ1n) is 6.49. The van der Waals surface area contributed by atoms with Crippen LogP contribution in [0.5, 0.6) is 5.75 Å². The van der Waals surface area contributed by atoms with Crippen LogP contribution in [0, 0.1) is 0 Å². The summed E-state index contributed by atoms with van der Waals surface area (Å²) < 4.78 is 7.31. The number of methoxy groups -OCH3 is 1. The normalized spacial score (nSPS) is 10.3. The number of aryl methyl sites for hydroxylation is 1. The third-order valence-corrected chi connectivity index (χ3v) is 3.73. The van der Waals surface area contributed by atoms with Crippen LogP contribution < -0.4 is 15.6 Å². The van der Waals surface area contributed by atoms with Gasteiger partial charge in [-0.15, -0.1) is 0 Å². The molecule has 0 saturated carbocycles. The van der Waals surface area contributed by atoms with Gasteiger partial charge in [-0.25, -0.2) is 0 Å². The Hall–Kier alpha value is -1.79. The van der Waals surface area contributed by atoms with Crippen LogP contribution in [0.1, 0.15) is 6.42 Å². The van der Waals surface area contributed by atoms with Crippen molar-refractivity contribution in [3.05, 3.63) is 56.4 Å². The molecule has 5 nitrogen and oxygen atoms in total. The minimum atomic E-state index is -0.201. The number of halogens is 2. The Kier molecular flexibility index (Phi) is 5.63. The third-order valence-electron chi connectivity index (χ3n) is 2.96. The molecule has 0 atom stereocenters. The Morgan fingerprint density at radius 3 is 2.82 bits per heavy atom. The number of carbonyl (C=O) groups excluding carboxylic acids is 1. The molecule has 1 heterocycles. The molecular formula is C15H14BrClN2O3. The highest BCUT2D eigenvalue weighted by atomic mass is 79.9. The largest absolute Gasteiger partial charge is 0.495 e. The summed E-state index contributed by atoms with van der Waals surface area (Å²) in [6.07, 6.45) is 1.83. The second kappa shape index (κ2) is 7.47.